The highest BCUT2D eigenvalue weighted by molar-refractivity contribution is 5.94. The molecule has 0 spiro atoms. The Morgan fingerprint density at radius 2 is 1.92 bits per heavy atom. The first-order valence-corrected chi connectivity index (χ1v) is 3.89. The van der Waals surface area contributed by atoms with Crippen LogP contribution >= 0.6 is 0 Å². The highest BCUT2D eigenvalue weighted by atomic mass is 16.1. The molecule has 0 fully saturated rings. The Hall–Kier alpha value is -1.82. The second kappa shape index (κ2) is 3.72. The van der Waals surface area contributed by atoms with Crippen LogP contribution in [0.2, 0.25) is 0 Å². The van der Waals surface area contributed by atoms with E-state index in [4.69, 9.17) is 5.26 Å². The van der Waals surface area contributed by atoms with Crippen LogP contribution in [0.1, 0.15) is 17.3 Å². The fourth-order valence-corrected chi connectivity index (χ4v) is 0.977. The molecule has 1 aromatic carbocycles. The Bertz CT molecular complexity index is 348. The summed E-state index contributed by atoms with van der Waals surface area (Å²) < 4.78 is 0. The summed E-state index contributed by atoms with van der Waals surface area (Å²) in [5.74, 6) is 0.0335. The molecule has 0 heterocycles. The third-order valence-corrected chi connectivity index (χ3v) is 1.81. The molecule has 0 saturated carbocycles. The second-order valence-corrected chi connectivity index (χ2v) is 2.76. The molecule has 0 aliphatic heterocycles. The highest BCUT2D eigenvalue weighted by Crippen LogP contribution is 2.12. The van der Waals surface area contributed by atoms with Crippen molar-refractivity contribution in [3.8, 4) is 6.19 Å². The van der Waals surface area contributed by atoms with Crippen LogP contribution in [-0.4, -0.2) is 12.8 Å². The van der Waals surface area contributed by atoms with Crippen LogP contribution in [0.5, 0.6) is 0 Å². The van der Waals surface area contributed by atoms with E-state index < -0.39 is 0 Å². The predicted octanol–water partition coefficient (Wildman–Crippen LogP) is 1.81. The van der Waals surface area contributed by atoms with Gasteiger partial charge in [0.1, 0.15) is 0 Å². The lowest BCUT2D eigenvalue weighted by molar-refractivity contribution is 0.101. The largest absolute Gasteiger partial charge is 0.295 e. The normalized spacial score (nSPS) is 9.00. The molecular weight excluding hydrogens is 164 g/mol. The van der Waals surface area contributed by atoms with E-state index in [1.807, 2.05) is 6.19 Å². The van der Waals surface area contributed by atoms with Gasteiger partial charge in [-0.05, 0) is 31.2 Å². The average molecular weight is 174 g/mol. The maximum Gasteiger partial charge on any atom is 0.183 e. The summed E-state index contributed by atoms with van der Waals surface area (Å²) in [6.45, 7) is 1.52. The second-order valence-electron chi connectivity index (χ2n) is 2.76. The summed E-state index contributed by atoms with van der Waals surface area (Å²) in [6.07, 6.45) is 1.98. The third kappa shape index (κ3) is 2.06. The van der Waals surface area contributed by atoms with E-state index in [0.29, 0.717) is 5.56 Å². The molecule has 0 saturated heterocycles. The molecule has 1 aromatic rings. The first-order valence-electron chi connectivity index (χ1n) is 3.89. The minimum Gasteiger partial charge on any atom is -0.295 e. The number of hydrogen-bond donors (Lipinski definition) is 0. The van der Waals surface area contributed by atoms with Crippen LogP contribution in [0.15, 0.2) is 24.3 Å². The molecule has 0 aliphatic rings. The number of carbonyl (C=O) groups is 1. The Kier molecular flexibility index (Phi) is 2.65. The summed E-state index contributed by atoms with van der Waals surface area (Å²) in [5.41, 5.74) is 1.45. The molecule has 0 aliphatic carbocycles. The van der Waals surface area contributed by atoms with Gasteiger partial charge in [0.25, 0.3) is 0 Å². The quantitative estimate of drug-likeness (QED) is 0.390. The molecule has 0 amide bonds. The Labute approximate surface area is 77.2 Å². The molecule has 66 valence electrons. The average Bonchev–Trinajstić information content (AvgIpc) is 2.17. The van der Waals surface area contributed by atoms with Crippen molar-refractivity contribution in [2.45, 2.75) is 6.92 Å². The predicted molar refractivity (Wildman–Crippen MR) is 50.5 cm³/mol. The van der Waals surface area contributed by atoms with E-state index in [1.165, 1.54) is 11.8 Å². The van der Waals surface area contributed by atoms with Crippen molar-refractivity contribution in [2.24, 2.45) is 0 Å². The van der Waals surface area contributed by atoms with Crippen molar-refractivity contribution in [2.75, 3.05) is 11.9 Å². The van der Waals surface area contributed by atoms with Crippen LogP contribution in [0, 0.1) is 11.5 Å². The van der Waals surface area contributed by atoms with Gasteiger partial charge in [-0.3, -0.25) is 9.69 Å². The summed E-state index contributed by atoms with van der Waals surface area (Å²) in [7, 11) is 1.67. The zero-order chi connectivity index (χ0) is 9.84. The maximum absolute atomic E-state index is 10.9. The number of anilines is 1. The first kappa shape index (κ1) is 9.27. The van der Waals surface area contributed by atoms with Gasteiger partial charge < -0.3 is 0 Å². The Morgan fingerprint density at radius 1 is 1.38 bits per heavy atom. The van der Waals surface area contributed by atoms with Crippen LogP contribution < -0.4 is 4.90 Å². The molecule has 3 nitrogen and oxygen atoms in total. The van der Waals surface area contributed by atoms with Gasteiger partial charge in [0.2, 0.25) is 0 Å². The molecule has 0 bridgehead atoms. The van der Waals surface area contributed by atoms with Gasteiger partial charge in [0.05, 0.1) is 5.69 Å². The van der Waals surface area contributed by atoms with Crippen molar-refractivity contribution in [1.82, 2.24) is 0 Å². The van der Waals surface area contributed by atoms with Crippen molar-refractivity contribution in [1.29, 1.82) is 5.26 Å². The summed E-state index contributed by atoms with van der Waals surface area (Å²) in [5, 5.41) is 8.58. The van der Waals surface area contributed by atoms with Gasteiger partial charge in [-0.2, -0.15) is 5.26 Å². The number of Topliss-reactive ketones (excluding diaryl/α,β-unsaturated/α-hetero) is 1. The van der Waals surface area contributed by atoms with E-state index in [9.17, 15) is 4.79 Å². The molecule has 0 radical (unpaired) electrons. The van der Waals surface area contributed by atoms with Crippen molar-refractivity contribution >= 4 is 11.5 Å². The fraction of sp³-hybridized carbons (Fsp3) is 0.200. The van der Waals surface area contributed by atoms with Crippen molar-refractivity contribution in [3.05, 3.63) is 29.8 Å². The van der Waals surface area contributed by atoms with Gasteiger partial charge in [-0.1, -0.05) is 0 Å². The standard InChI is InChI=1S/C10H10N2O/c1-8(13)9-3-5-10(6-4-9)12(2)7-11/h3-6H,1-2H3. The smallest absolute Gasteiger partial charge is 0.183 e. The van der Waals surface area contributed by atoms with Crippen molar-refractivity contribution < 1.29 is 4.79 Å². The lowest BCUT2D eigenvalue weighted by Crippen LogP contribution is -2.07. The number of benzene rings is 1. The minimum absolute atomic E-state index is 0.0335. The van der Waals surface area contributed by atoms with Crippen LogP contribution in [0.4, 0.5) is 5.69 Å². The third-order valence-electron chi connectivity index (χ3n) is 1.81. The molecule has 0 atom stereocenters. The highest BCUT2D eigenvalue weighted by Gasteiger charge is 2.01. The lowest BCUT2D eigenvalue weighted by Gasteiger charge is -2.08. The summed E-state index contributed by atoms with van der Waals surface area (Å²) >= 11 is 0. The van der Waals surface area contributed by atoms with E-state index in [1.54, 1.807) is 31.3 Å². The molecule has 3 heteroatoms. The molecule has 0 aromatic heterocycles. The Balaban J connectivity index is 2.95. The number of hydrogen-bond acceptors (Lipinski definition) is 3. The minimum atomic E-state index is 0.0335. The van der Waals surface area contributed by atoms with E-state index in [2.05, 4.69) is 0 Å². The number of ketones is 1. The summed E-state index contributed by atoms with van der Waals surface area (Å²) in [6, 6.07) is 6.93. The number of nitriles is 1. The lowest BCUT2D eigenvalue weighted by atomic mass is 10.1. The van der Waals surface area contributed by atoms with Gasteiger partial charge >= 0.3 is 0 Å². The van der Waals surface area contributed by atoms with E-state index >= 15 is 0 Å². The van der Waals surface area contributed by atoms with Crippen LogP contribution in [0.25, 0.3) is 0 Å². The van der Waals surface area contributed by atoms with E-state index in [-0.39, 0.29) is 5.78 Å². The molecular formula is C10H10N2O. The van der Waals surface area contributed by atoms with E-state index in [0.717, 1.165) is 5.69 Å². The molecule has 1 rings (SSSR count). The zero-order valence-corrected chi connectivity index (χ0v) is 7.61. The van der Waals surface area contributed by atoms with Crippen molar-refractivity contribution in [3.63, 3.8) is 0 Å². The fourth-order valence-electron chi connectivity index (χ4n) is 0.977. The molecule has 13 heavy (non-hydrogen) atoms. The Morgan fingerprint density at radius 3 is 2.31 bits per heavy atom. The number of carbonyl (C=O) groups excluding carboxylic acids is 1. The number of nitrogens with zero attached hydrogens (tertiary/aromatic N) is 2. The van der Waals surface area contributed by atoms with Gasteiger partial charge in [0, 0.05) is 12.6 Å². The topological polar surface area (TPSA) is 44.1 Å². The van der Waals surface area contributed by atoms with Gasteiger partial charge in [-0.25, -0.2) is 0 Å². The molecule has 0 unspecified atom stereocenters. The molecule has 0 N–H and O–H groups in total. The number of rotatable bonds is 2. The van der Waals surface area contributed by atoms with Crippen LogP contribution in [0.3, 0.4) is 0 Å². The first-order chi connectivity index (χ1) is 6.15. The maximum atomic E-state index is 10.9. The summed E-state index contributed by atoms with van der Waals surface area (Å²) in [4.78, 5) is 12.4. The van der Waals surface area contributed by atoms with Gasteiger partial charge in [-0.15, -0.1) is 0 Å². The monoisotopic (exact) mass is 174 g/mol. The SMILES string of the molecule is CC(=O)c1ccc(N(C)C#N)cc1. The zero-order valence-electron chi connectivity index (χ0n) is 7.61. The van der Waals surface area contributed by atoms with Gasteiger partial charge in [0.15, 0.2) is 12.0 Å². The van der Waals surface area contributed by atoms with Crippen LogP contribution in [-0.2, 0) is 0 Å².